The van der Waals surface area contributed by atoms with Crippen molar-refractivity contribution < 1.29 is 43.5 Å². The first-order valence-corrected chi connectivity index (χ1v) is 9.82. The summed E-state index contributed by atoms with van der Waals surface area (Å²) in [4.78, 5) is 58.1. The van der Waals surface area contributed by atoms with Crippen LogP contribution in [0.5, 0.6) is 5.75 Å². The van der Waals surface area contributed by atoms with Crippen molar-refractivity contribution in [3.05, 3.63) is 86.1 Å². The molecule has 0 aliphatic heterocycles. The first kappa shape index (κ1) is 22.7. The third-order valence-corrected chi connectivity index (χ3v) is 4.88. The summed E-state index contributed by atoms with van der Waals surface area (Å²) < 4.78 is 10.5. The van der Waals surface area contributed by atoms with Gasteiger partial charge in [0.15, 0.2) is 5.43 Å². The Balaban J connectivity index is 1.56. The maximum absolute atomic E-state index is 12.7. The van der Waals surface area contributed by atoms with E-state index in [1.807, 2.05) is 0 Å². The average Bonchev–Trinajstić information content (AvgIpc) is 2.81. The molecule has 34 heavy (non-hydrogen) atoms. The molecule has 4 aromatic rings. The van der Waals surface area contributed by atoms with Gasteiger partial charge >= 0.3 is 11.9 Å². The molecule has 0 aliphatic rings. The summed E-state index contributed by atoms with van der Waals surface area (Å²) in [5.74, 6) is -5.26. The van der Waals surface area contributed by atoms with Crippen LogP contribution < -0.4 is 15.7 Å². The van der Waals surface area contributed by atoms with E-state index in [1.165, 1.54) is 24.3 Å². The SMILES string of the molecule is O=C(O)c1oc2ccccc2c(=O)c1CC(O)COOc1c(C(=O)O)oc2ccccc2c1=O. The quantitative estimate of drug-likeness (QED) is 0.255. The minimum atomic E-state index is -1.58. The predicted octanol–water partition coefficient (Wildman–Crippen LogP) is 2.21. The van der Waals surface area contributed by atoms with Gasteiger partial charge in [0.2, 0.25) is 11.2 Å². The summed E-state index contributed by atoms with van der Waals surface area (Å²) >= 11 is 0. The smallest absolute Gasteiger partial charge is 0.376 e. The second-order valence-corrected chi connectivity index (χ2v) is 7.16. The van der Waals surface area contributed by atoms with Crippen LogP contribution in [0.2, 0.25) is 0 Å². The highest BCUT2D eigenvalue weighted by Crippen LogP contribution is 2.22. The van der Waals surface area contributed by atoms with Gasteiger partial charge < -0.3 is 29.0 Å². The predicted molar refractivity (Wildman–Crippen MR) is 115 cm³/mol. The molecule has 0 saturated heterocycles. The van der Waals surface area contributed by atoms with E-state index in [0.29, 0.717) is 0 Å². The van der Waals surface area contributed by atoms with Gasteiger partial charge in [-0.3, -0.25) is 9.59 Å². The lowest BCUT2D eigenvalue weighted by molar-refractivity contribution is -0.224. The van der Waals surface area contributed by atoms with E-state index in [9.17, 15) is 34.5 Å². The zero-order chi connectivity index (χ0) is 24.4. The number of aliphatic hydroxyl groups excluding tert-OH is 1. The summed E-state index contributed by atoms with van der Waals surface area (Å²) in [5, 5.41) is 29.2. The van der Waals surface area contributed by atoms with Crippen molar-refractivity contribution in [2.24, 2.45) is 0 Å². The van der Waals surface area contributed by atoms with Gasteiger partial charge in [-0.25, -0.2) is 9.59 Å². The van der Waals surface area contributed by atoms with Crippen molar-refractivity contribution >= 4 is 33.9 Å². The molecule has 0 spiro atoms. The van der Waals surface area contributed by atoms with Crippen LogP contribution >= 0.6 is 0 Å². The van der Waals surface area contributed by atoms with Crippen molar-refractivity contribution in [1.82, 2.24) is 0 Å². The monoisotopic (exact) mass is 468 g/mol. The first-order chi connectivity index (χ1) is 16.3. The number of rotatable bonds is 8. The van der Waals surface area contributed by atoms with Crippen molar-refractivity contribution in [3.63, 3.8) is 0 Å². The maximum Gasteiger partial charge on any atom is 0.376 e. The molecule has 11 nitrogen and oxygen atoms in total. The van der Waals surface area contributed by atoms with Crippen molar-refractivity contribution in [3.8, 4) is 5.75 Å². The number of fused-ring (bicyclic) bond motifs is 2. The zero-order valence-corrected chi connectivity index (χ0v) is 17.2. The molecule has 1 atom stereocenters. The van der Waals surface area contributed by atoms with E-state index in [0.717, 1.165) is 0 Å². The average molecular weight is 468 g/mol. The highest BCUT2D eigenvalue weighted by molar-refractivity contribution is 5.91. The van der Waals surface area contributed by atoms with Crippen LogP contribution in [0, 0.1) is 0 Å². The fourth-order valence-electron chi connectivity index (χ4n) is 3.35. The van der Waals surface area contributed by atoms with Crippen LogP contribution in [-0.4, -0.2) is 40.0 Å². The Morgan fingerprint density at radius 3 is 1.94 bits per heavy atom. The lowest BCUT2D eigenvalue weighted by Gasteiger charge is -2.13. The number of aromatic carboxylic acids is 2. The Labute approximate surface area is 188 Å². The standard InChI is InChI=1S/C23H16O11/c24-11(9-14-17(25)12-5-1-3-7-15(12)32-19(14)22(27)28)10-31-34-20-18(26)13-6-2-4-8-16(13)33-21(20)23(29)30/h1-8,11,24H,9-10H2,(H,27,28)(H,29,30). The van der Waals surface area contributed by atoms with Gasteiger partial charge in [-0.15, -0.1) is 0 Å². The number of para-hydroxylation sites is 2. The molecule has 0 radical (unpaired) electrons. The van der Waals surface area contributed by atoms with E-state index >= 15 is 0 Å². The van der Waals surface area contributed by atoms with E-state index in [2.05, 4.69) is 0 Å². The third kappa shape index (κ3) is 4.25. The second-order valence-electron chi connectivity index (χ2n) is 7.16. The van der Waals surface area contributed by atoms with Crippen LogP contribution in [0.3, 0.4) is 0 Å². The number of benzene rings is 2. The fraction of sp³-hybridized carbons (Fsp3) is 0.130. The molecular formula is C23H16O11. The van der Waals surface area contributed by atoms with Crippen molar-refractivity contribution in [1.29, 1.82) is 0 Å². The highest BCUT2D eigenvalue weighted by Gasteiger charge is 2.25. The number of carboxylic acid groups (broad SMARTS) is 2. The van der Waals surface area contributed by atoms with Crippen LogP contribution in [0.15, 0.2) is 67.0 Å². The molecule has 4 rings (SSSR count). The molecule has 0 fully saturated rings. The number of carbonyl (C=O) groups is 2. The van der Waals surface area contributed by atoms with Gasteiger partial charge in [0, 0.05) is 6.42 Å². The summed E-state index contributed by atoms with van der Waals surface area (Å²) in [6.07, 6.45) is -1.95. The summed E-state index contributed by atoms with van der Waals surface area (Å²) in [5.41, 5.74) is -1.63. The molecule has 2 heterocycles. The molecule has 0 aliphatic carbocycles. The number of carboxylic acids is 2. The second kappa shape index (κ2) is 9.17. The zero-order valence-electron chi connectivity index (χ0n) is 17.2. The van der Waals surface area contributed by atoms with Crippen LogP contribution in [0.4, 0.5) is 0 Å². The molecule has 0 bridgehead atoms. The molecule has 0 amide bonds. The Morgan fingerprint density at radius 2 is 1.35 bits per heavy atom. The Hall–Kier alpha value is -4.48. The van der Waals surface area contributed by atoms with Gasteiger partial charge in [0.1, 0.15) is 17.8 Å². The summed E-state index contributed by atoms with van der Waals surface area (Å²) in [7, 11) is 0. The Kier molecular flexibility index (Phi) is 6.13. The van der Waals surface area contributed by atoms with Crippen LogP contribution in [0.1, 0.15) is 26.7 Å². The topological polar surface area (TPSA) is 174 Å². The van der Waals surface area contributed by atoms with Crippen LogP contribution in [0.25, 0.3) is 21.9 Å². The lowest BCUT2D eigenvalue weighted by atomic mass is 10.0. The van der Waals surface area contributed by atoms with Gasteiger partial charge in [-0.1, -0.05) is 24.3 Å². The molecule has 2 aromatic heterocycles. The van der Waals surface area contributed by atoms with Gasteiger partial charge in [0.05, 0.1) is 22.4 Å². The summed E-state index contributed by atoms with van der Waals surface area (Å²) in [6.45, 7) is -0.642. The molecule has 2 aromatic carbocycles. The van der Waals surface area contributed by atoms with Crippen molar-refractivity contribution in [2.45, 2.75) is 12.5 Å². The molecule has 174 valence electrons. The van der Waals surface area contributed by atoms with E-state index in [4.69, 9.17) is 18.6 Å². The molecule has 1 unspecified atom stereocenters. The Bertz CT molecular complexity index is 1530. The van der Waals surface area contributed by atoms with Gasteiger partial charge in [-0.2, -0.15) is 4.89 Å². The largest absolute Gasteiger partial charge is 0.475 e. The van der Waals surface area contributed by atoms with E-state index in [-0.39, 0.29) is 27.5 Å². The number of aliphatic hydroxyl groups is 1. The van der Waals surface area contributed by atoms with E-state index < -0.39 is 59.2 Å². The van der Waals surface area contributed by atoms with Gasteiger partial charge in [-0.05, 0) is 24.3 Å². The van der Waals surface area contributed by atoms with E-state index in [1.54, 1.807) is 24.3 Å². The lowest BCUT2D eigenvalue weighted by Crippen LogP contribution is -2.26. The summed E-state index contributed by atoms with van der Waals surface area (Å²) in [6, 6.07) is 12.0. The highest BCUT2D eigenvalue weighted by atomic mass is 17.2. The first-order valence-electron chi connectivity index (χ1n) is 9.82. The minimum absolute atomic E-state index is 0.0292. The van der Waals surface area contributed by atoms with Crippen molar-refractivity contribution in [2.75, 3.05) is 6.61 Å². The van der Waals surface area contributed by atoms with Crippen LogP contribution in [-0.2, 0) is 11.3 Å². The molecular weight excluding hydrogens is 452 g/mol. The number of hydrogen-bond donors (Lipinski definition) is 3. The van der Waals surface area contributed by atoms with Gasteiger partial charge in [0.25, 0.3) is 11.5 Å². The minimum Gasteiger partial charge on any atom is -0.475 e. The Morgan fingerprint density at radius 1 is 0.824 bits per heavy atom. The fourth-order valence-corrected chi connectivity index (χ4v) is 3.35. The normalized spacial score (nSPS) is 12.0. The number of hydrogen-bond acceptors (Lipinski definition) is 9. The third-order valence-electron chi connectivity index (χ3n) is 4.88. The molecule has 11 heteroatoms. The molecule has 0 saturated carbocycles. The molecule has 3 N–H and O–H groups in total. The maximum atomic E-state index is 12.7.